The van der Waals surface area contributed by atoms with Gasteiger partial charge in [-0.05, 0) is 28.5 Å². The predicted octanol–water partition coefficient (Wildman–Crippen LogP) is 4.51. The number of hydrogen-bond acceptors (Lipinski definition) is 6. The highest BCUT2D eigenvalue weighted by molar-refractivity contribution is 7.98. The van der Waals surface area contributed by atoms with Gasteiger partial charge in [0.05, 0.1) is 12.1 Å². The number of benzene rings is 1. The van der Waals surface area contributed by atoms with Crippen LogP contribution < -0.4 is 5.56 Å². The molecule has 5 nitrogen and oxygen atoms in total. The second-order valence-electron chi connectivity index (χ2n) is 6.00. The maximum atomic E-state index is 13.0. The van der Waals surface area contributed by atoms with Gasteiger partial charge in [-0.2, -0.15) is 0 Å². The topological polar surface area (TPSA) is 52.2 Å². The number of aromatic nitrogens is 4. The molecule has 5 rings (SSSR count). The Morgan fingerprint density at radius 1 is 0.963 bits per heavy atom. The van der Waals surface area contributed by atoms with E-state index in [1.54, 1.807) is 27.7 Å². The van der Waals surface area contributed by atoms with Crippen LogP contribution >= 0.6 is 34.4 Å². The van der Waals surface area contributed by atoms with Gasteiger partial charge >= 0.3 is 0 Å². The summed E-state index contributed by atoms with van der Waals surface area (Å²) in [5, 5.41) is 13.5. The van der Waals surface area contributed by atoms with Crippen molar-refractivity contribution in [1.29, 1.82) is 0 Å². The van der Waals surface area contributed by atoms with Gasteiger partial charge in [0.25, 0.3) is 5.56 Å². The van der Waals surface area contributed by atoms with Crippen LogP contribution in [0.5, 0.6) is 0 Å². The first-order valence-corrected chi connectivity index (χ1v) is 11.1. The number of rotatable bonds is 5. The summed E-state index contributed by atoms with van der Waals surface area (Å²) in [6.07, 6.45) is 0. The van der Waals surface area contributed by atoms with Crippen molar-refractivity contribution in [2.45, 2.75) is 17.5 Å². The van der Waals surface area contributed by atoms with Crippen LogP contribution in [0, 0.1) is 0 Å². The van der Waals surface area contributed by atoms with Crippen molar-refractivity contribution in [3.8, 4) is 0 Å². The van der Waals surface area contributed by atoms with E-state index in [4.69, 9.17) is 0 Å². The van der Waals surface area contributed by atoms with Crippen molar-refractivity contribution in [3.63, 3.8) is 0 Å². The molecule has 8 heteroatoms. The second kappa shape index (κ2) is 6.95. The Morgan fingerprint density at radius 3 is 2.67 bits per heavy atom. The monoisotopic (exact) mass is 410 g/mol. The fraction of sp³-hybridized carbons (Fsp3) is 0.105. The van der Waals surface area contributed by atoms with E-state index in [2.05, 4.69) is 22.3 Å². The molecule has 0 atom stereocenters. The predicted molar refractivity (Wildman–Crippen MR) is 112 cm³/mol. The first-order valence-electron chi connectivity index (χ1n) is 8.35. The molecule has 0 radical (unpaired) electrons. The molecule has 0 aliphatic rings. The maximum absolute atomic E-state index is 13.0. The van der Waals surface area contributed by atoms with E-state index in [1.807, 2.05) is 51.6 Å². The SMILES string of the molecule is O=c1c2sccc2n2c(SCc3ccccc3)nnc2n1Cc1cccs1. The van der Waals surface area contributed by atoms with Crippen LogP contribution in [-0.4, -0.2) is 19.2 Å². The molecule has 0 bridgehead atoms. The van der Waals surface area contributed by atoms with E-state index in [-0.39, 0.29) is 5.56 Å². The van der Waals surface area contributed by atoms with Crippen LogP contribution in [0.15, 0.2) is 69.2 Å². The van der Waals surface area contributed by atoms with Crippen LogP contribution in [0.2, 0.25) is 0 Å². The van der Waals surface area contributed by atoms with Crippen molar-refractivity contribution in [3.05, 3.63) is 80.1 Å². The molecule has 0 amide bonds. The molecule has 0 fully saturated rings. The lowest BCUT2D eigenvalue weighted by molar-refractivity contribution is 0.775. The zero-order chi connectivity index (χ0) is 18.2. The zero-order valence-electron chi connectivity index (χ0n) is 14.1. The van der Waals surface area contributed by atoms with Gasteiger partial charge in [-0.25, -0.2) is 0 Å². The third-order valence-corrected chi connectivity index (χ3v) is 7.04. The first-order chi connectivity index (χ1) is 13.3. The third-order valence-electron chi connectivity index (χ3n) is 4.29. The molecule has 4 heterocycles. The van der Waals surface area contributed by atoms with Crippen molar-refractivity contribution >= 4 is 50.4 Å². The van der Waals surface area contributed by atoms with Gasteiger partial charge in [0.15, 0.2) is 5.16 Å². The Bertz CT molecular complexity index is 1270. The van der Waals surface area contributed by atoms with Gasteiger partial charge in [0.1, 0.15) is 4.70 Å². The number of hydrogen-bond donors (Lipinski definition) is 0. The molecule has 134 valence electrons. The van der Waals surface area contributed by atoms with Crippen LogP contribution in [0.3, 0.4) is 0 Å². The Morgan fingerprint density at radius 2 is 1.85 bits per heavy atom. The zero-order valence-corrected chi connectivity index (χ0v) is 16.6. The molecule has 0 aliphatic heterocycles. The van der Waals surface area contributed by atoms with Crippen LogP contribution in [0.25, 0.3) is 16.0 Å². The van der Waals surface area contributed by atoms with E-state index in [1.165, 1.54) is 16.9 Å². The van der Waals surface area contributed by atoms with Gasteiger partial charge < -0.3 is 0 Å². The second-order valence-corrected chi connectivity index (χ2v) is 8.89. The average Bonchev–Trinajstić information content (AvgIpc) is 3.44. The molecular weight excluding hydrogens is 396 g/mol. The third kappa shape index (κ3) is 2.99. The van der Waals surface area contributed by atoms with Gasteiger partial charge in [0.2, 0.25) is 5.78 Å². The van der Waals surface area contributed by atoms with Crippen molar-refractivity contribution in [2.75, 3.05) is 0 Å². The quantitative estimate of drug-likeness (QED) is 0.400. The van der Waals surface area contributed by atoms with E-state index in [9.17, 15) is 4.79 Å². The molecule has 5 aromatic rings. The van der Waals surface area contributed by atoms with Crippen LogP contribution in [-0.2, 0) is 12.3 Å². The minimum Gasteiger partial charge on any atom is -0.270 e. The number of thioether (sulfide) groups is 1. The van der Waals surface area contributed by atoms with Gasteiger partial charge in [-0.15, -0.1) is 32.9 Å². The lowest BCUT2D eigenvalue weighted by atomic mass is 10.2. The summed E-state index contributed by atoms with van der Waals surface area (Å²) in [7, 11) is 0. The van der Waals surface area contributed by atoms with E-state index in [0.717, 1.165) is 26.0 Å². The highest BCUT2D eigenvalue weighted by Crippen LogP contribution is 2.27. The summed E-state index contributed by atoms with van der Waals surface area (Å²) in [4.78, 5) is 14.1. The fourth-order valence-electron chi connectivity index (χ4n) is 3.02. The molecule has 27 heavy (non-hydrogen) atoms. The Balaban J connectivity index is 1.64. The Kier molecular flexibility index (Phi) is 4.31. The summed E-state index contributed by atoms with van der Waals surface area (Å²) in [6, 6.07) is 16.3. The normalized spacial score (nSPS) is 11.6. The van der Waals surface area contributed by atoms with Crippen LogP contribution in [0.1, 0.15) is 10.4 Å². The molecule has 0 spiro atoms. The highest BCUT2D eigenvalue weighted by atomic mass is 32.2. The number of thiophene rings is 2. The molecule has 1 aromatic carbocycles. The van der Waals surface area contributed by atoms with Crippen molar-refractivity contribution in [1.82, 2.24) is 19.2 Å². The molecule has 0 aliphatic carbocycles. The lowest BCUT2D eigenvalue weighted by Gasteiger charge is -2.08. The number of fused-ring (bicyclic) bond motifs is 3. The molecule has 0 unspecified atom stereocenters. The molecule has 0 saturated carbocycles. The summed E-state index contributed by atoms with van der Waals surface area (Å²) < 4.78 is 4.47. The molecule has 0 N–H and O–H groups in total. The van der Waals surface area contributed by atoms with Crippen LogP contribution in [0.4, 0.5) is 0 Å². The number of nitrogens with zero attached hydrogens (tertiary/aromatic N) is 4. The summed E-state index contributed by atoms with van der Waals surface area (Å²) >= 11 is 4.74. The van der Waals surface area contributed by atoms with Gasteiger partial charge in [-0.3, -0.25) is 13.8 Å². The Labute approximate surface area is 166 Å². The Hall–Kier alpha value is -2.42. The average molecular weight is 411 g/mol. The summed E-state index contributed by atoms with van der Waals surface area (Å²) in [5.41, 5.74) is 2.10. The van der Waals surface area contributed by atoms with Gasteiger partial charge in [-0.1, -0.05) is 48.2 Å². The van der Waals surface area contributed by atoms with Gasteiger partial charge in [0, 0.05) is 10.6 Å². The van der Waals surface area contributed by atoms with E-state index in [0.29, 0.717) is 12.3 Å². The largest absolute Gasteiger partial charge is 0.273 e. The summed E-state index contributed by atoms with van der Waals surface area (Å²) in [6.45, 7) is 0.509. The standard InChI is InChI=1S/C19H14N4OS3/c24-17-16-15(8-10-26-16)23-18(22(17)11-14-7-4-9-25-14)20-21-19(23)27-12-13-5-2-1-3-6-13/h1-10H,11-12H2. The highest BCUT2D eigenvalue weighted by Gasteiger charge is 2.18. The van der Waals surface area contributed by atoms with Crippen molar-refractivity contribution < 1.29 is 0 Å². The minimum absolute atomic E-state index is 0.00657. The molecule has 0 saturated heterocycles. The van der Waals surface area contributed by atoms with E-state index < -0.39 is 0 Å². The van der Waals surface area contributed by atoms with Crippen molar-refractivity contribution in [2.24, 2.45) is 0 Å². The lowest BCUT2D eigenvalue weighted by Crippen LogP contribution is -2.22. The minimum atomic E-state index is -0.00657. The first kappa shape index (κ1) is 16.7. The molecule has 4 aromatic heterocycles. The summed E-state index contributed by atoms with van der Waals surface area (Å²) in [5.74, 6) is 1.40. The molecular formula is C19H14N4OS3. The smallest absolute Gasteiger partial charge is 0.270 e. The fourth-order valence-corrected chi connectivity index (χ4v) is 5.43. The maximum Gasteiger partial charge on any atom is 0.273 e. The van der Waals surface area contributed by atoms with E-state index >= 15 is 0 Å².